The standard InChI is InChI=1S/C17H24N2O4/c20-16-10-18-8-13(16)9-19-17(21)12-3-5-14(6-4-12)23-11-15-2-1-7-22-15/h3-6,13,15-16,18,20H,1-2,7-11H2,(H,19,21). The van der Waals surface area contributed by atoms with Gasteiger partial charge in [-0.05, 0) is 37.1 Å². The number of carbonyl (C=O) groups is 1. The zero-order chi connectivity index (χ0) is 16.1. The van der Waals surface area contributed by atoms with Gasteiger partial charge in [0.1, 0.15) is 12.4 Å². The molecule has 2 heterocycles. The fourth-order valence-corrected chi connectivity index (χ4v) is 2.92. The van der Waals surface area contributed by atoms with Gasteiger partial charge in [-0.2, -0.15) is 0 Å². The van der Waals surface area contributed by atoms with Crippen LogP contribution < -0.4 is 15.4 Å². The molecule has 2 aliphatic heterocycles. The zero-order valence-electron chi connectivity index (χ0n) is 13.2. The van der Waals surface area contributed by atoms with E-state index in [-0.39, 0.29) is 24.0 Å². The maximum atomic E-state index is 12.1. The first-order valence-electron chi connectivity index (χ1n) is 8.24. The van der Waals surface area contributed by atoms with E-state index in [1.807, 2.05) is 0 Å². The van der Waals surface area contributed by atoms with Crippen molar-refractivity contribution in [3.8, 4) is 5.75 Å². The summed E-state index contributed by atoms with van der Waals surface area (Å²) in [6.45, 7) is 3.18. The highest BCUT2D eigenvalue weighted by atomic mass is 16.5. The molecule has 2 saturated heterocycles. The number of β-amino-alcohol motifs (C(OH)–C–C–N with tert-alkyl or cyclic N) is 1. The summed E-state index contributed by atoms with van der Waals surface area (Å²) >= 11 is 0. The Morgan fingerprint density at radius 1 is 1.35 bits per heavy atom. The SMILES string of the molecule is O=C(NCC1CNCC1O)c1ccc(OCC2CCCO2)cc1. The number of aliphatic hydroxyl groups excluding tert-OH is 1. The van der Waals surface area contributed by atoms with Gasteiger partial charge in [0.25, 0.3) is 5.91 Å². The number of aliphatic hydroxyl groups is 1. The second-order valence-corrected chi connectivity index (χ2v) is 6.17. The summed E-state index contributed by atoms with van der Waals surface area (Å²) in [5, 5.41) is 15.7. The molecule has 23 heavy (non-hydrogen) atoms. The molecule has 126 valence electrons. The molecule has 0 saturated carbocycles. The van der Waals surface area contributed by atoms with Crippen LogP contribution in [-0.2, 0) is 4.74 Å². The normalized spacial score (nSPS) is 27.1. The Hall–Kier alpha value is -1.63. The van der Waals surface area contributed by atoms with Gasteiger partial charge < -0.3 is 25.2 Å². The predicted molar refractivity (Wildman–Crippen MR) is 85.6 cm³/mol. The molecular formula is C17H24N2O4. The fourth-order valence-electron chi connectivity index (χ4n) is 2.92. The highest BCUT2D eigenvalue weighted by molar-refractivity contribution is 5.94. The summed E-state index contributed by atoms with van der Waals surface area (Å²) in [6.07, 6.45) is 1.94. The molecular weight excluding hydrogens is 296 g/mol. The third kappa shape index (κ3) is 4.43. The summed E-state index contributed by atoms with van der Waals surface area (Å²) in [5.74, 6) is 0.690. The second kappa shape index (κ2) is 7.77. The van der Waals surface area contributed by atoms with Crippen molar-refractivity contribution in [2.75, 3.05) is 32.8 Å². The lowest BCUT2D eigenvalue weighted by Crippen LogP contribution is -2.34. The quantitative estimate of drug-likeness (QED) is 0.713. The molecule has 0 spiro atoms. The van der Waals surface area contributed by atoms with Crippen LogP contribution in [0.2, 0.25) is 0 Å². The van der Waals surface area contributed by atoms with Crippen molar-refractivity contribution in [2.45, 2.75) is 25.0 Å². The monoisotopic (exact) mass is 320 g/mol. The minimum Gasteiger partial charge on any atom is -0.491 e. The zero-order valence-corrected chi connectivity index (χ0v) is 13.2. The number of rotatable bonds is 6. The second-order valence-electron chi connectivity index (χ2n) is 6.17. The summed E-state index contributed by atoms with van der Waals surface area (Å²) in [4.78, 5) is 12.1. The number of nitrogens with one attached hydrogen (secondary N) is 2. The van der Waals surface area contributed by atoms with E-state index in [9.17, 15) is 9.90 Å². The molecule has 0 radical (unpaired) electrons. The summed E-state index contributed by atoms with van der Waals surface area (Å²) in [6, 6.07) is 7.11. The molecule has 6 nitrogen and oxygen atoms in total. The molecule has 2 aliphatic rings. The molecule has 3 unspecified atom stereocenters. The molecule has 3 rings (SSSR count). The summed E-state index contributed by atoms with van der Waals surface area (Å²) < 4.78 is 11.2. The van der Waals surface area contributed by atoms with Gasteiger partial charge in [0, 0.05) is 37.7 Å². The summed E-state index contributed by atoms with van der Waals surface area (Å²) in [5.41, 5.74) is 0.593. The van der Waals surface area contributed by atoms with Gasteiger partial charge in [-0.1, -0.05) is 0 Å². The maximum Gasteiger partial charge on any atom is 0.251 e. The first kappa shape index (κ1) is 16.2. The van der Waals surface area contributed by atoms with Crippen molar-refractivity contribution in [3.05, 3.63) is 29.8 Å². The molecule has 0 bridgehead atoms. The predicted octanol–water partition coefficient (Wildman–Crippen LogP) is 0.555. The smallest absolute Gasteiger partial charge is 0.251 e. The van der Waals surface area contributed by atoms with Crippen molar-refractivity contribution in [2.24, 2.45) is 5.92 Å². The van der Waals surface area contributed by atoms with Gasteiger partial charge in [-0.3, -0.25) is 4.79 Å². The number of carbonyl (C=O) groups excluding carboxylic acids is 1. The molecule has 2 fully saturated rings. The van der Waals surface area contributed by atoms with E-state index in [4.69, 9.17) is 9.47 Å². The molecule has 3 N–H and O–H groups in total. The van der Waals surface area contributed by atoms with E-state index in [0.29, 0.717) is 25.3 Å². The van der Waals surface area contributed by atoms with Crippen molar-refractivity contribution in [1.82, 2.24) is 10.6 Å². The van der Waals surface area contributed by atoms with E-state index in [1.165, 1.54) is 0 Å². The molecule has 6 heteroatoms. The van der Waals surface area contributed by atoms with Crippen molar-refractivity contribution in [1.29, 1.82) is 0 Å². The Morgan fingerprint density at radius 3 is 2.83 bits per heavy atom. The van der Waals surface area contributed by atoms with Crippen LogP contribution in [0.3, 0.4) is 0 Å². The van der Waals surface area contributed by atoms with Crippen LogP contribution >= 0.6 is 0 Å². The topological polar surface area (TPSA) is 79.8 Å². The van der Waals surface area contributed by atoms with Crippen LogP contribution in [0, 0.1) is 5.92 Å². The van der Waals surface area contributed by atoms with Gasteiger partial charge in [-0.15, -0.1) is 0 Å². The van der Waals surface area contributed by atoms with Crippen LogP contribution in [0.15, 0.2) is 24.3 Å². The lowest BCUT2D eigenvalue weighted by Gasteiger charge is -2.14. The molecule has 1 aromatic carbocycles. The van der Waals surface area contributed by atoms with E-state index in [0.717, 1.165) is 31.7 Å². The molecule has 1 amide bonds. The number of amides is 1. The average molecular weight is 320 g/mol. The van der Waals surface area contributed by atoms with Gasteiger partial charge >= 0.3 is 0 Å². The number of ether oxygens (including phenoxy) is 2. The van der Waals surface area contributed by atoms with Crippen LogP contribution in [-0.4, -0.2) is 56.1 Å². The molecule has 1 aromatic rings. The largest absolute Gasteiger partial charge is 0.491 e. The van der Waals surface area contributed by atoms with Crippen LogP contribution in [0.5, 0.6) is 5.75 Å². The van der Waals surface area contributed by atoms with E-state index >= 15 is 0 Å². The van der Waals surface area contributed by atoms with Crippen molar-refractivity contribution >= 4 is 5.91 Å². The van der Waals surface area contributed by atoms with Gasteiger partial charge in [-0.25, -0.2) is 0 Å². The van der Waals surface area contributed by atoms with Gasteiger partial charge in [0.15, 0.2) is 0 Å². The minimum atomic E-state index is -0.385. The highest BCUT2D eigenvalue weighted by Crippen LogP contribution is 2.16. The lowest BCUT2D eigenvalue weighted by molar-refractivity contribution is 0.0679. The molecule has 0 aromatic heterocycles. The van der Waals surface area contributed by atoms with Crippen LogP contribution in [0.4, 0.5) is 0 Å². The Kier molecular flexibility index (Phi) is 5.48. The Bertz CT molecular complexity index is 514. The Morgan fingerprint density at radius 2 is 2.17 bits per heavy atom. The first-order valence-corrected chi connectivity index (χ1v) is 8.24. The Labute approximate surface area is 136 Å². The molecule has 0 aliphatic carbocycles. The Balaban J connectivity index is 1.45. The molecule has 3 atom stereocenters. The average Bonchev–Trinajstić information content (AvgIpc) is 3.23. The highest BCUT2D eigenvalue weighted by Gasteiger charge is 2.25. The number of hydrogen-bond donors (Lipinski definition) is 3. The number of hydrogen-bond acceptors (Lipinski definition) is 5. The van der Waals surface area contributed by atoms with E-state index in [2.05, 4.69) is 10.6 Å². The van der Waals surface area contributed by atoms with Crippen LogP contribution in [0.25, 0.3) is 0 Å². The lowest BCUT2D eigenvalue weighted by atomic mass is 10.1. The third-order valence-electron chi connectivity index (χ3n) is 4.41. The van der Waals surface area contributed by atoms with E-state index < -0.39 is 0 Å². The fraction of sp³-hybridized carbons (Fsp3) is 0.588. The van der Waals surface area contributed by atoms with Crippen LogP contribution in [0.1, 0.15) is 23.2 Å². The maximum absolute atomic E-state index is 12.1. The minimum absolute atomic E-state index is 0.0768. The summed E-state index contributed by atoms with van der Waals surface area (Å²) in [7, 11) is 0. The first-order chi connectivity index (χ1) is 11.2. The van der Waals surface area contributed by atoms with Crippen molar-refractivity contribution < 1.29 is 19.4 Å². The number of benzene rings is 1. The third-order valence-corrected chi connectivity index (χ3v) is 4.41. The van der Waals surface area contributed by atoms with Crippen molar-refractivity contribution in [3.63, 3.8) is 0 Å². The van der Waals surface area contributed by atoms with Gasteiger partial charge in [0.05, 0.1) is 12.2 Å². The van der Waals surface area contributed by atoms with E-state index in [1.54, 1.807) is 24.3 Å². The van der Waals surface area contributed by atoms with Gasteiger partial charge in [0.2, 0.25) is 0 Å².